The Bertz CT molecular complexity index is 360. The monoisotopic (exact) mass is 193 g/mol. The number of amides is 1. The molecule has 14 heavy (non-hydrogen) atoms. The van der Waals surface area contributed by atoms with Gasteiger partial charge in [0.1, 0.15) is 0 Å². The maximum Gasteiger partial charge on any atom is 0.245 e. The molecule has 1 atom stereocenters. The van der Waals surface area contributed by atoms with E-state index in [4.69, 9.17) is 11.5 Å². The highest BCUT2D eigenvalue weighted by Crippen LogP contribution is 2.08. The van der Waals surface area contributed by atoms with Gasteiger partial charge in [-0.3, -0.25) is 14.6 Å². The second kappa shape index (κ2) is 3.55. The van der Waals surface area contributed by atoms with Crippen molar-refractivity contribution in [3.8, 4) is 0 Å². The summed E-state index contributed by atoms with van der Waals surface area (Å²) in [6.45, 7) is 1.28. The molecule has 0 aliphatic rings. The Morgan fingerprint density at radius 2 is 2.14 bits per heavy atom. The summed E-state index contributed by atoms with van der Waals surface area (Å²) in [5.74, 6) is -1.38. The normalized spacial score (nSPS) is 14.4. The van der Waals surface area contributed by atoms with Crippen molar-refractivity contribution in [2.24, 2.45) is 11.5 Å². The minimum atomic E-state index is -1.68. The number of rotatable bonds is 3. The third-order valence-electron chi connectivity index (χ3n) is 1.91. The number of hydrogen-bond acceptors (Lipinski definition) is 4. The number of carbonyl (C=O) groups excluding carboxylic acids is 2. The van der Waals surface area contributed by atoms with E-state index in [1.807, 2.05) is 0 Å². The molecule has 0 bridgehead atoms. The summed E-state index contributed by atoms with van der Waals surface area (Å²) in [6, 6.07) is 3.12. The molecule has 0 aliphatic carbocycles. The molecule has 5 heteroatoms. The van der Waals surface area contributed by atoms with Gasteiger partial charge in [-0.05, 0) is 19.1 Å². The molecule has 74 valence electrons. The number of aromatic nitrogens is 1. The van der Waals surface area contributed by atoms with E-state index in [0.717, 1.165) is 0 Å². The summed E-state index contributed by atoms with van der Waals surface area (Å²) in [5.41, 5.74) is 9.08. The van der Waals surface area contributed by atoms with Crippen LogP contribution in [0.15, 0.2) is 24.5 Å². The Balaban J connectivity index is 3.03. The van der Waals surface area contributed by atoms with Crippen LogP contribution in [0, 0.1) is 0 Å². The van der Waals surface area contributed by atoms with Crippen LogP contribution in [-0.4, -0.2) is 22.2 Å². The van der Waals surface area contributed by atoms with Crippen LogP contribution >= 0.6 is 0 Å². The molecule has 1 heterocycles. The molecule has 0 saturated heterocycles. The van der Waals surface area contributed by atoms with Crippen molar-refractivity contribution in [2.45, 2.75) is 12.5 Å². The van der Waals surface area contributed by atoms with Gasteiger partial charge in [0.05, 0.1) is 0 Å². The number of pyridine rings is 1. The maximum absolute atomic E-state index is 11.6. The van der Waals surface area contributed by atoms with Gasteiger partial charge in [0, 0.05) is 18.0 Å². The molecule has 0 aliphatic heterocycles. The van der Waals surface area contributed by atoms with E-state index in [1.165, 1.54) is 25.4 Å². The third-order valence-corrected chi connectivity index (χ3v) is 1.91. The van der Waals surface area contributed by atoms with Crippen molar-refractivity contribution < 1.29 is 9.59 Å². The van der Waals surface area contributed by atoms with Crippen LogP contribution in [0.4, 0.5) is 0 Å². The smallest absolute Gasteiger partial charge is 0.245 e. The van der Waals surface area contributed by atoms with Crippen LogP contribution < -0.4 is 11.5 Å². The average Bonchev–Trinajstić information content (AvgIpc) is 2.17. The second-order valence-electron chi connectivity index (χ2n) is 3.14. The summed E-state index contributed by atoms with van der Waals surface area (Å²) < 4.78 is 0. The molecule has 0 unspecified atom stereocenters. The first kappa shape index (κ1) is 10.3. The summed E-state index contributed by atoms with van der Waals surface area (Å²) in [7, 11) is 0. The molecule has 1 aromatic rings. The lowest BCUT2D eigenvalue weighted by Gasteiger charge is -2.18. The predicted molar refractivity (Wildman–Crippen MR) is 50.4 cm³/mol. The number of nitrogens with two attached hydrogens (primary N) is 2. The van der Waals surface area contributed by atoms with E-state index in [0.29, 0.717) is 0 Å². The van der Waals surface area contributed by atoms with Crippen LogP contribution in [0.2, 0.25) is 0 Å². The van der Waals surface area contributed by atoms with Gasteiger partial charge in [-0.2, -0.15) is 0 Å². The second-order valence-corrected chi connectivity index (χ2v) is 3.14. The van der Waals surface area contributed by atoms with Crippen molar-refractivity contribution in [1.29, 1.82) is 0 Å². The fourth-order valence-corrected chi connectivity index (χ4v) is 0.909. The first-order chi connectivity index (χ1) is 6.46. The maximum atomic E-state index is 11.6. The Morgan fingerprint density at radius 3 is 2.57 bits per heavy atom. The highest BCUT2D eigenvalue weighted by atomic mass is 16.2. The minimum absolute atomic E-state index is 0.274. The number of ketones is 1. The quantitative estimate of drug-likeness (QED) is 0.497. The van der Waals surface area contributed by atoms with Crippen molar-refractivity contribution in [3.05, 3.63) is 30.1 Å². The SMILES string of the molecule is C[C@@](N)(C(N)=O)C(=O)c1cccnc1. The predicted octanol–water partition coefficient (Wildman–Crippen LogP) is -0.533. The molecular formula is C9H11N3O2. The summed E-state index contributed by atoms with van der Waals surface area (Å²) >= 11 is 0. The summed E-state index contributed by atoms with van der Waals surface area (Å²) in [6.07, 6.45) is 2.87. The van der Waals surface area contributed by atoms with Gasteiger partial charge in [0.2, 0.25) is 5.91 Å². The Labute approximate surface area is 81.1 Å². The van der Waals surface area contributed by atoms with Crippen molar-refractivity contribution >= 4 is 11.7 Å². The van der Waals surface area contributed by atoms with Crippen LogP contribution in [0.3, 0.4) is 0 Å². The van der Waals surface area contributed by atoms with E-state index in [1.54, 1.807) is 6.07 Å². The lowest BCUT2D eigenvalue weighted by atomic mass is 9.92. The van der Waals surface area contributed by atoms with Gasteiger partial charge in [-0.1, -0.05) is 0 Å². The van der Waals surface area contributed by atoms with Crippen molar-refractivity contribution in [2.75, 3.05) is 0 Å². The Morgan fingerprint density at radius 1 is 1.50 bits per heavy atom. The topological polar surface area (TPSA) is 99.1 Å². The van der Waals surface area contributed by atoms with Crippen molar-refractivity contribution in [1.82, 2.24) is 4.98 Å². The van der Waals surface area contributed by atoms with Gasteiger partial charge in [-0.15, -0.1) is 0 Å². The molecule has 1 aromatic heterocycles. The molecule has 0 fully saturated rings. The number of nitrogens with zero attached hydrogens (tertiary/aromatic N) is 1. The highest BCUT2D eigenvalue weighted by Gasteiger charge is 2.35. The number of primary amides is 1. The van der Waals surface area contributed by atoms with Crippen molar-refractivity contribution in [3.63, 3.8) is 0 Å². The molecule has 4 N–H and O–H groups in total. The van der Waals surface area contributed by atoms with E-state index in [-0.39, 0.29) is 5.56 Å². The Hall–Kier alpha value is -1.75. The van der Waals surface area contributed by atoms with Gasteiger partial charge in [0.25, 0.3) is 0 Å². The van der Waals surface area contributed by atoms with Crippen LogP contribution in [0.25, 0.3) is 0 Å². The first-order valence-corrected chi connectivity index (χ1v) is 4.00. The van der Waals surface area contributed by atoms with Gasteiger partial charge in [-0.25, -0.2) is 0 Å². The molecule has 1 amide bonds. The molecule has 1 rings (SSSR count). The largest absolute Gasteiger partial charge is 0.368 e. The third kappa shape index (κ3) is 1.77. The molecule has 5 nitrogen and oxygen atoms in total. The average molecular weight is 193 g/mol. The lowest BCUT2D eigenvalue weighted by Crippen LogP contribution is -2.55. The van der Waals surface area contributed by atoms with Crippen LogP contribution in [-0.2, 0) is 4.79 Å². The number of carbonyl (C=O) groups is 2. The standard InChI is InChI=1S/C9H11N3O2/c1-9(11,8(10)14)7(13)6-3-2-4-12-5-6/h2-5H,11H2,1H3,(H2,10,14)/t9-/m0/s1. The summed E-state index contributed by atoms with van der Waals surface area (Å²) in [5, 5.41) is 0. The number of Topliss-reactive ketones (excluding diaryl/α,β-unsaturated/α-hetero) is 1. The zero-order chi connectivity index (χ0) is 10.8. The van der Waals surface area contributed by atoms with Crippen LogP contribution in [0.5, 0.6) is 0 Å². The summed E-state index contributed by atoms with van der Waals surface area (Å²) in [4.78, 5) is 26.3. The van der Waals surface area contributed by atoms with Gasteiger partial charge < -0.3 is 11.5 Å². The van der Waals surface area contributed by atoms with Gasteiger partial charge in [0.15, 0.2) is 11.3 Å². The first-order valence-electron chi connectivity index (χ1n) is 4.00. The fraction of sp³-hybridized carbons (Fsp3) is 0.222. The minimum Gasteiger partial charge on any atom is -0.368 e. The molecular weight excluding hydrogens is 182 g/mol. The van der Waals surface area contributed by atoms with Gasteiger partial charge >= 0.3 is 0 Å². The molecule has 0 radical (unpaired) electrons. The van der Waals surface area contributed by atoms with E-state index >= 15 is 0 Å². The molecule has 0 spiro atoms. The lowest BCUT2D eigenvalue weighted by molar-refractivity contribution is -0.121. The van der Waals surface area contributed by atoms with E-state index < -0.39 is 17.2 Å². The van der Waals surface area contributed by atoms with E-state index in [2.05, 4.69) is 4.98 Å². The zero-order valence-corrected chi connectivity index (χ0v) is 7.73. The zero-order valence-electron chi connectivity index (χ0n) is 7.73. The Kier molecular flexibility index (Phi) is 2.62. The molecule has 0 saturated carbocycles. The number of hydrogen-bond donors (Lipinski definition) is 2. The van der Waals surface area contributed by atoms with E-state index in [9.17, 15) is 9.59 Å². The highest BCUT2D eigenvalue weighted by molar-refractivity contribution is 6.16. The molecule has 0 aromatic carbocycles. The van der Waals surface area contributed by atoms with Crippen LogP contribution in [0.1, 0.15) is 17.3 Å². The fourth-order valence-electron chi connectivity index (χ4n) is 0.909.